The van der Waals surface area contributed by atoms with Gasteiger partial charge >= 0.3 is 0 Å². The molecule has 0 amide bonds. The number of pyridine rings is 1. The molecule has 1 aliphatic rings. The molecule has 2 rings (SSSR count). The third-order valence-electron chi connectivity index (χ3n) is 3.61. The number of likely N-dealkylation sites (tertiary alicyclic amines) is 1. The van der Waals surface area contributed by atoms with Crippen LogP contribution in [0, 0.1) is 12.8 Å². The monoisotopic (exact) mass is 297 g/mol. The number of hydrogen-bond acceptors (Lipinski definition) is 5. The molecule has 0 aliphatic carbocycles. The van der Waals surface area contributed by atoms with E-state index in [0.29, 0.717) is 12.5 Å². The summed E-state index contributed by atoms with van der Waals surface area (Å²) in [6.45, 7) is 5.48. The van der Waals surface area contributed by atoms with Crippen LogP contribution in [0.1, 0.15) is 12.1 Å². The Kier molecular flexibility index (Phi) is 4.99. The highest BCUT2D eigenvalue weighted by Crippen LogP contribution is 2.16. The van der Waals surface area contributed by atoms with E-state index >= 15 is 0 Å². The summed E-state index contributed by atoms with van der Waals surface area (Å²) >= 11 is 0. The van der Waals surface area contributed by atoms with E-state index in [2.05, 4.69) is 15.2 Å². The number of nitrogens with one attached hydrogen (secondary N) is 1. The third-order valence-corrected chi connectivity index (χ3v) is 4.53. The average Bonchev–Trinajstić information content (AvgIpc) is 2.81. The maximum atomic E-state index is 11.2. The van der Waals surface area contributed by atoms with Gasteiger partial charge in [-0.2, -0.15) is 0 Å². The van der Waals surface area contributed by atoms with Crippen LogP contribution in [0.3, 0.4) is 0 Å². The van der Waals surface area contributed by atoms with Gasteiger partial charge in [0.25, 0.3) is 0 Å². The van der Waals surface area contributed by atoms with Crippen LogP contribution in [0.25, 0.3) is 0 Å². The molecule has 112 valence electrons. The number of hydrogen-bond donors (Lipinski definition) is 1. The zero-order valence-electron chi connectivity index (χ0n) is 12.2. The topological polar surface area (TPSA) is 62.3 Å². The summed E-state index contributed by atoms with van der Waals surface area (Å²) in [5.74, 6) is 1.74. The van der Waals surface area contributed by atoms with E-state index in [0.717, 1.165) is 37.6 Å². The molecule has 1 saturated heterocycles. The fourth-order valence-electron chi connectivity index (χ4n) is 2.47. The largest absolute Gasteiger partial charge is 0.370 e. The number of anilines is 1. The van der Waals surface area contributed by atoms with Crippen LogP contribution < -0.4 is 5.32 Å². The Hall–Kier alpha value is -1.14. The third kappa shape index (κ3) is 5.09. The van der Waals surface area contributed by atoms with Crippen molar-refractivity contribution in [2.24, 2.45) is 5.92 Å². The second kappa shape index (κ2) is 6.54. The molecule has 1 aromatic heterocycles. The predicted octanol–water partition coefficient (Wildman–Crippen LogP) is 1.17. The van der Waals surface area contributed by atoms with E-state index in [1.165, 1.54) is 6.26 Å². The van der Waals surface area contributed by atoms with Crippen molar-refractivity contribution < 1.29 is 8.42 Å². The highest BCUT2D eigenvalue weighted by atomic mass is 32.2. The number of sulfone groups is 1. The van der Waals surface area contributed by atoms with Gasteiger partial charge in [-0.25, -0.2) is 13.4 Å². The van der Waals surface area contributed by atoms with Crippen LogP contribution in [-0.2, 0) is 9.84 Å². The van der Waals surface area contributed by atoms with Gasteiger partial charge in [0.2, 0.25) is 0 Å². The van der Waals surface area contributed by atoms with Crippen molar-refractivity contribution in [2.75, 3.05) is 43.5 Å². The molecule has 0 saturated carbocycles. The predicted molar refractivity (Wildman–Crippen MR) is 81.7 cm³/mol. The van der Waals surface area contributed by atoms with Gasteiger partial charge in [-0.05, 0) is 37.9 Å². The quantitative estimate of drug-likeness (QED) is 0.854. The average molecular weight is 297 g/mol. The molecular weight excluding hydrogens is 274 g/mol. The first-order valence-corrected chi connectivity index (χ1v) is 9.06. The van der Waals surface area contributed by atoms with Crippen LogP contribution in [0.2, 0.25) is 0 Å². The maximum Gasteiger partial charge on any atom is 0.148 e. The molecule has 6 heteroatoms. The Morgan fingerprint density at radius 3 is 2.95 bits per heavy atom. The Labute approximate surface area is 121 Å². The van der Waals surface area contributed by atoms with Crippen LogP contribution in [0.4, 0.5) is 5.82 Å². The van der Waals surface area contributed by atoms with E-state index in [9.17, 15) is 8.42 Å². The maximum absolute atomic E-state index is 11.2. The van der Waals surface area contributed by atoms with Crippen molar-refractivity contribution >= 4 is 15.7 Å². The smallest absolute Gasteiger partial charge is 0.148 e. The van der Waals surface area contributed by atoms with Crippen molar-refractivity contribution in [3.05, 3.63) is 23.9 Å². The molecule has 1 aliphatic heterocycles. The first-order valence-electron chi connectivity index (χ1n) is 7.00. The summed E-state index contributed by atoms with van der Waals surface area (Å²) in [5.41, 5.74) is 1.01. The lowest BCUT2D eigenvalue weighted by molar-refractivity contribution is 0.345. The second-order valence-corrected chi connectivity index (χ2v) is 7.89. The van der Waals surface area contributed by atoms with Crippen molar-refractivity contribution in [3.63, 3.8) is 0 Å². The first-order chi connectivity index (χ1) is 9.42. The van der Waals surface area contributed by atoms with Gasteiger partial charge in [0.05, 0.1) is 5.75 Å². The van der Waals surface area contributed by atoms with E-state index in [4.69, 9.17) is 0 Å². The molecule has 0 bridgehead atoms. The molecule has 0 unspecified atom stereocenters. The molecule has 1 N–H and O–H groups in total. The van der Waals surface area contributed by atoms with Gasteiger partial charge in [0.15, 0.2) is 0 Å². The summed E-state index contributed by atoms with van der Waals surface area (Å²) in [5, 5.41) is 3.36. The lowest BCUT2D eigenvalue weighted by atomic mass is 10.1. The number of aryl methyl sites for hydroxylation is 1. The molecule has 1 aromatic rings. The number of rotatable bonds is 6. The minimum atomic E-state index is -2.86. The van der Waals surface area contributed by atoms with Crippen LogP contribution in [0.5, 0.6) is 0 Å². The van der Waals surface area contributed by atoms with E-state index in [-0.39, 0.29) is 5.75 Å². The molecule has 5 nitrogen and oxygen atoms in total. The van der Waals surface area contributed by atoms with Crippen LogP contribution in [0.15, 0.2) is 18.2 Å². The second-order valence-electron chi connectivity index (χ2n) is 5.63. The Balaban J connectivity index is 1.73. The molecule has 1 fully saturated rings. The zero-order chi connectivity index (χ0) is 14.6. The Bertz CT molecular complexity index is 545. The molecule has 0 aromatic carbocycles. The molecule has 20 heavy (non-hydrogen) atoms. The Morgan fingerprint density at radius 2 is 2.25 bits per heavy atom. The summed E-state index contributed by atoms with van der Waals surface area (Å²) in [4.78, 5) is 6.65. The number of aromatic nitrogens is 1. The highest BCUT2D eigenvalue weighted by Gasteiger charge is 2.22. The normalized spacial score (nSPS) is 20.2. The van der Waals surface area contributed by atoms with Gasteiger partial charge in [0, 0.05) is 31.6 Å². The van der Waals surface area contributed by atoms with Crippen molar-refractivity contribution in [1.29, 1.82) is 0 Å². The fourth-order valence-corrected chi connectivity index (χ4v) is 3.06. The standard InChI is InChI=1S/C14H23N3O2S/c1-12-4-3-5-14(16-12)15-10-13-6-7-17(11-13)8-9-20(2,18)19/h3-5,13H,6-11H2,1-2H3,(H,15,16)/t13-/m0/s1. The molecule has 1 atom stereocenters. The lowest BCUT2D eigenvalue weighted by Crippen LogP contribution is -2.28. The molecule has 0 radical (unpaired) electrons. The van der Waals surface area contributed by atoms with Crippen LogP contribution in [-0.4, -0.2) is 56.5 Å². The lowest BCUT2D eigenvalue weighted by Gasteiger charge is -2.15. The minimum absolute atomic E-state index is 0.257. The molecule has 2 heterocycles. The first kappa shape index (κ1) is 15.3. The number of nitrogens with zero attached hydrogens (tertiary/aromatic N) is 2. The fraction of sp³-hybridized carbons (Fsp3) is 0.643. The van der Waals surface area contributed by atoms with E-state index in [1.807, 2.05) is 25.1 Å². The van der Waals surface area contributed by atoms with Gasteiger partial charge in [-0.3, -0.25) is 0 Å². The van der Waals surface area contributed by atoms with E-state index < -0.39 is 9.84 Å². The Morgan fingerprint density at radius 1 is 1.45 bits per heavy atom. The van der Waals surface area contributed by atoms with Gasteiger partial charge < -0.3 is 10.2 Å². The zero-order valence-corrected chi connectivity index (χ0v) is 13.0. The highest BCUT2D eigenvalue weighted by molar-refractivity contribution is 7.90. The van der Waals surface area contributed by atoms with Gasteiger partial charge in [-0.1, -0.05) is 6.07 Å². The molecule has 0 spiro atoms. The summed E-state index contributed by atoms with van der Waals surface area (Å²) in [7, 11) is -2.86. The van der Waals surface area contributed by atoms with Gasteiger partial charge in [-0.15, -0.1) is 0 Å². The SMILES string of the molecule is Cc1cccc(NC[C@@H]2CCN(CCS(C)(=O)=O)C2)n1. The van der Waals surface area contributed by atoms with Crippen LogP contribution >= 0.6 is 0 Å². The van der Waals surface area contributed by atoms with E-state index in [1.54, 1.807) is 0 Å². The summed E-state index contributed by atoms with van der Waals surface area (Å²) < 4.78 is 22.3. The summed E-state index contributed by atoms with van der Waals surface area (Å²) in [6, 6.07) is 5.95. The van der Waals surface area contributed by atoms with Crippen molar-refractivity contribution in [1.82, 2.24) is 9.88 Å². The summed E-state index contributed by atoms with van der Waals surface area (Å²) in [6.07, 6.45) is 2.41. The molecular formula is C14H23N3O2S. The van der Waals surface area contributed by atoms with Crippen molar-refractivity contribution in [3.8, 4) is 0 Å². The van der Waals surface area contributed by atoms with Gasteiger partial charge in [0.1, 0.15) is 15.7 Å². The minimum Gasteiger partial charge on any atom is -0.370 e. The van der Waals surface area contributed by atoms with Crippen molar-refractivity contribution in [2.45, 2.75) is 13.3 Å².